The second-order valence-corrected chi connectivity index (χ2v) is 8.27. The summed E-state index contributed by atoms with van der Waals surface area (Å²) >= 11 is 0. The van der Waals surface area contributed by atoms with Gasteiger partial charge in [0.15, 0.2) is 0 Å². The summed E-state index contributed by atoms with van der Waals surface area (Å²) in [6, 6.07) is -0.722. The van der Waals surface area contributed by atoms with Crippen LogP contribution in [-0.2, 0) is 40.0 Å². The van der Waals surface area contributed by atoms with Gasteiger partial charge in [-0.25, -0.2) is 4.79 Å². The molecule has 0 aromatic heterocycles. The molecule has 12 N–H and O–H groups in total. The monoisotopic (exact) mass is 538 g/mol. The van der Waals surface area contributed by atoms with Gasteiger partial charge in [0.1, 0.15) is 23.9 Å². The van der Waals surface area contributed by atoms with Gasteiger partial charge in [0.2, 0.25) is 29.5 Å². The maximum absolute atomic E-state index is 13.0. The highest BCUT2D eigenvalue weighted by molar-refractivity contribution is 5.96. The first-order valence-electron chi connectivity index (χ1n) is 11.1. The molecule has 0 heterocycles. The molecule has 0 spiro atoms. The van der Waals surface area contributed by atoms with Crippen molar-refractivity contribution in [2.75, 3.05) is 0 Å². The van der Waals surface area contributed by atoms with Crippen LogP contribution in [0.25, 0.3) is 0 Å². The van der Waals surface area contributed by atoms with E-state index in [-0.39, 0.29) is 18.6 Å². The Morgan fingerprint density at radius 2 is 1.21 bits per heavy atom. The number of carboxylic acids is 2. The van der Waals surface area contributed by atoms with E-state index in [4.69, 9.17) is 22.3 Å². The lowest BCUT2D eigenvalue weighted by Crippen LogP contribution is -2.58. The molecule has 0 bridgehead atoms. The van der Waals surface area contributed by atoms with Gasteiger partial charge in [-0.2, -0.15) is 0 Å². The van der Waals surface area contributed by atoms with Crippen molar-refractivity contribution >= 4 is 41.5 Å². The summed E-state index contributed by atoms with van der Waals surface area (Å²) in [4.78, 5) is 83.1. The van der Waals surface area contributed by atoms with Crippen LogP contribution in [0.5, 0.6) is 5.75 Å². The Bertz CT molecular complexity index is 1060. The van der Waals surface area contributed by atoms with Gasteiger partial charge < -0.3 is 48.5 Å². The largest absolute Gasteiger partial charge is 0.508 e. The molecule has 16 heteroatoms. The van der Waals surface area contributed by atoms with Crippen LogP contribution in [-0.4, -0.2) is 81.0 Å². The molecule has 4 atom stereocenters. The molecule has 4 unspecified atom stereocenters. The first-order valence-corrected chi connectivity index (χ1v) is 11.1. The Morgan fingerprint density at radius 1 is 0.737 bits per heavy atom. The van der Waals surface area contributed by atoms with Crippen molar-refractivity contribution in [3.05, 3.63) is 29.8 Å². The molecule has 1 aromatic carbocycles. The lowest BCUT2D eigenvalue weighted by molar-refractivity contribution is -0.144. The van der Waals surface area contributed by atoms with Crippen LogP contribution in [0.1, 0.15) is 31.2 Å². The summed E-state index contributed by atoms with van der Waals surface area (Å²) < 4.78 is 0. The van der Waals surface area contributed by atoms with E-state index in [9.17, 15) is 43.8 Å². The van der Waals surface area contributed by atoms with E-state index >= 15 is 0 Å². The maximum Gasteiger partial charge on any atom is 0.326 e. The molecule has 0 aliphatic heterocycles. The minimum absolute atomic E-state index is 0.0883. The zero-order chi connectivity index (χ0) is 29.0. The molecule has 5 amide bonds. The lowest BCUT2D eigenvalue weighted by atomic mass is 10.0. The molecule has 1 aromatic rings. The van der Waals surface area contributed by atoms with Gasteiger partial charge >= 0.3 is 11.9 Å². The van der Waals surface area contributed by atoms with Crippen molar-refractivity contribution in [3.8, 4) is 5.75 Å². The highest BCUT2D eigenvalue weighted by atomic mass is 16.4. The second kappa shape index (κ2) is 14.7. The van der Waals surface area contributed by atoms with E-state index in [1.807, 2.05) is 0 Å². The molecule has 0 saturated carbocycles. The maximum atomic E-state index is 13.0. The average molecular weight is 539 g/mol. The van der Waals surface area contributed by atoms with Crippen LogP contribution < -0.4 is 33.2 Å². The van der Waals surface area contributed by atoms with E-state index in [1.54, 1.807) is 0 Å². The minimum atomic E-state index is -1.72. The average Bonchev–Trinajstić information content (AvgIpc) is 2.81. The first kappa shape index (κ1) is 31.3. The number of aliphatic carboxylic acids is 2. The number of aromatic hydroxyl groups is 1. The summed E-state index contributed by atoms with van der Waals surface area (Å²) in [5, 5.41) is 34.1. The van der Waals surface area contributed by atoms with E-state index in [0.717, 1.165) is 0 Å². The number of benzene rings is 1. The fourth-order valence-corrected chi connectivity index (χ4v) is 3.12. The minimum Gasteiger partial charge on any atom is -0.508 e. The fourth-order valence-electron chi connectivity index (χ4n) is 3.12. The van der Waals surface area contributed by atoms with Gasteiger partial charge in [-0.3, -0.25) is 28.8 Å². The summed E-state index contributed by atoms with van der Waals surface area (Å²) in [6.45, 7) is 0. The van der Waals surface area contributed by atoms with Crippen molar-refractivity contribution < 1.29 is 48.9 Å². The number of nitrogens with one attached hydrogen (secondary N) is 3. The molecular formula is C22H30N6O10. The van der Waals surface area contributed by atoms with E-state index < -0.39 is 84.9 Å². The van der Waals surface area contributed by atoms with E-state index in [1.165, 1.54) is 24.3 Å². The Kier molecular flexibility index (Phi) is 12.1. The molecule has 0 aliphatic rings. The van der Waals surface area contributed by atoms with Crippen LogP contribution in [0.4, 0.5) is 0 Å². The van der Waals surface area contributed by atoms with Crippen LogP contribution >= 0.6 is 0 Å². The Labute approximate surface area is 215 Å². The Hall–Kier alpha value is -4.73. The van der Waals surface area contributed by atoms with Crippen molar-refractivity contribution in [2.45, 2.75) is 56.3 Å². The SMILES string of the molecule is NC(=O)CC(NC(=O)C(Cc1ccc(O)cc1)NC(=O)C(CC(N)=O)NC(=O)C(N)CCC(=O)O)C(=O)O. The second-order valence-electron chi connectivity index (χ2n) is 8.27. The predicted molar refractivity (Wildman–Crippen MR) is 128 cm³/mol. The molecule has 38 heavy (non-hydrogen) atoms. The molecule has 0 aliphatic carbocycles. The number of rotatable bonds is 16. The third kappa shape index (κ3) is 11.3. The molecule has 0 radical (unpaired) electrons. The molecule has 208 valence electrons. The Balaban J connectivity index is 3.16. The standard InChI is InChI=1S/C22H30N6O10/c23-12(5-6-18(32)33)19(34)26-14(8-16(24)30)21(36)27-13(7-10-1-3-11(29)4-2-10)20(35)28-15(22(37)38)9-17(25)31/h1-4,12-15,29H,5-9,23H2,(H2,24,30)(H2,25,31)(H,26,34)(H,27,36)(H,28,35)(H,32,33)(H,37,38). The zero-order valence-electron chi connectivity index (χ0n) is 20.1. The van der Waals surface area contributed by atoms with Crippen LogP contribution in [0, 0.1) is 0 Å². The van der Waals surface area contributed by atoms with Gasteiger partial charge in [0.05, 0.1) is 18.9 Å². The van der Waals surface area contributed by atoms with Crippen LogP contribution in [0.15, 0.2) is 24.3 Å². The highest BCUT2D eigenvalue weighted by Gasteiger charge is 2.32. The number of phenolic OH excluding ortho intramolecular Hbond substituents is 1. The van der Waals surface area contributed by atoms with Crippen molar-refractivity contribution in [1.82, 2.24) is 16.0 Å². The van der Waals surface area contributed by atoms with Gasteiger partial charge in [0, 0.05) is 12.8 Å². The molecule has 16 nitrogen and oxygen atoms in total. The molecular weight excluding hydrogens is 508 g/mol. The lowest BCUT2D eigenvalue weighted by Gasteiger charge is -2.24. The fraction of sp³-hybridized carbons (Fsp3) is 0.409. The number of phenols is 1. The zero-order valence-corrected chi connectivity index (χ0v) is 20.1. The quantitative estimate of drug-likeness (QED) is 0.0990. The number of hydrogen-bond donors (Lipinski definition) is 9. The Morgan fingerprint density at radius 3 is 1.71 bits per heavy atom. The van der Waals surface area contributed by atoms with Gasteiger partial charge in [0.25, 0.3) is 0 Å². The summed E-state index contributed by atoms with van der Waals surface area (Å²) in [7, 11) is 0. The van der Waals surface area contributed by atoms with Crippen LogP contribution in [0.2, 0.25) is 0 Å². The molecule has 0 fully saturated rings. The third-order valence-corrected chi connectivity index (χ3v) is 5.07. The number of carbonyl (C=O) groups is 7. The van der Waals surface area contributed by atoms with E-state index in [2.05, 4.69) is 16.0 Å². The highest BCUT2D eigenvalue weighted by Crippen LogP contribution is 2.12. The first-order chi connectivity index (χ1) is 17.7. The van der Waals surface area contributed by atoms with Crippen LogP contribution in [0.3, 0.4) is 0 Å². The van der Waals surface area contributed by atoms with Crippen molar-refractivity contribution in [2.24, 2.45) is 17.2 Å². The molecule has 1 rings (SSSR count). The van der Waals surface area contributed by atoms with Crippen molar-refractivity contribution in [1.29, 1.82) is 0 Å². The number of nitrogens with two attached hydrogens (primary N) is 3. The molecule has 0 saturated heterocycles. The number of carbonyl (C=O) groups excluding carboxylic acids is 5. The number of carboxylic acid groups (broad SMARTS) is 2. The summed E-state index contributed by atoms with van der Waals surface area (Å²) in [5.74, 6) is -7.95. The normalized spacial score (nSPS) is 13.7. The predicted octanol–water partition coefficient (Wildman–Crippen LogP) is -3.58. The van der Waals surface area contributed by atoms with Crippen molar-refractivity contribution in [3.63, 3.8) is 0 Å². The van der Waals surface area contributed by atoms with E-state index in [0.29, 0.717) is 5.56 Å². The van der Waals surface area contributed by atoms with Gasteiger partial charge in [-0.05, 0) is 24.1 Å². The summed E-state index contributed by atoms with van der Waals surface area (Å²) in [6.07, 6.45) is -2.40. The smallest absolute Gasteiger partial charge is 0.326 e. The number of hydrogen-bond acceptors (Lipinski definition) is 9. The number of primary amides is 2. The third-order valence-electron chi connectivity index (χ3n) is 5.07. The van der Waals surface area contributed by atoms with Gasteiger partial charge in [-0.1, -0.05) is 12.1 Å². The number of amides is 5. The summed E-state index contributed by atoms with van der Waals surface area (Å²) in [5.41, 5.74) is 16.2. The van der Waals surface area contributed by atoms with Gasteiger partial charge in [-0.15, -0.1) is 0 Å². The topological polar surface area (TPSA) is 294 Å².